The van der Waals surface area contributed by atoms with E-state index in [1.807, 2.05) is 24.0 Å². The lowest BCUT2D eigenvalue weighted by Crippen LogP contribution is -2.39. The third-order valence-electron chi connectivity index (χ3n) is 3.53. The molecule has 1 aliphatic heterocycles. The molecule has 5 nitrogen and oxygen atoms in total. The van der Waals surface area contributed by atoms with Gasteiger partial charge in [0.25, 0.3) is 5.91 Å². The van der Waals surface area contributed by atoms with Crippen molar-refractivity contribution in [1.82, 2.24) is 9.88 Å². The summed E-state index contributed by atoms with van der Waals surface area (Å²) >= 11 is 0. The fourth-order valence-corrected chi connectivity index (χ4v) is 2.31. The van der Waals surface area contributed by atoms with Crippen molar-refractivity contribution < 1.29 is 9.90 Å². The smallest absolute Gasteiger partial charge is 0.255 e. The van der Waals surface area contributed by atoms with E-state index in [-0.39, 0.29) is 12.5 Å². The zero-order valence-electron chi connectivity index (χ0n) is 11.3. The number of aliphatic hydroxyl groups is 1. The Morgan fingerprint density at radius 2 is 2.21 bits per heavy atom. The van der Waals surface area contributed by atoms with Crippen molar-refractivity contribution in [2.75, 3.05) is 31.6 Å². The van der Waals surface area contributed by atoms with Crippen molar-refractivity contribution in [1.29, 1.82) is 0 Å². The normalized spacial score (nSPS) is 16.4. The summed E-state index contributed by atoms with van der Waals surface area (Å²) in [5.74, 6) is 1.17. The van der Waals surface area contributed by atoms with Crippen molar-refractivity contribution in [3.8, 4) is 0 Å². The van der Waals surface area contributed by atoms with Crippen LogP contribution < -0.4 is 5.32 Å². The van der Waals surface area contributed by atoms with Crippen molar-refractivity contribution in [2.45, 2.75) is 19.8 Å². The number of carbonyl (C=O) groups excluding carboxylic acids is 1. The van der Waals surface area contributed by atoms with Gasteiger partial charge in [0.15, 0.2) is 0 Å². The van der Waals surface area contributed by atoms with Crippen LogP contribution >= 0.6 is 0 Å². The molecule has 1 amide bonds. The highest BCUT2D eigenvalue weighted by Gasteiger charge is 2.23. The SMILES string of the molecule is CCNc1ccc(C(=O)N2CCC(CO)CC2)cn1. The number of nitrogens with one attached hydrogen (secondary N) is 1. The molecule has 2 heterocycles. The summed E-state index contributed by atoms with van der Waals surface area (Å²) < 4.78 is 0. The number of anilines is 1. The summed E-state index contributed by atoms with van der Waals surface area (Å²) in [7, 11) is 0. The predicted octanol–water partition coefficient (Wildman–Crippen LogP) is 1.36. The van der Waals surface area contributed by atoms with Gasteiger partial charge in [0.1, 0.15) is 5.82 Å². The van der Waals surface area contributed by atoms with Crippen LogP contribution in [-0.4, -0.2) is 47.1 Å². The summed E-state index contributed by atoms with van der Waals surface area (Å²) in [5, 5.41) is 12.2. The van der Waals surface area contributed by atoms with Gasteiger partial charge in [-0.3, -0.25) is 4.79 Å². The van der Waals surface area contributed by atoms with E-state index >= 15 is 0 Å². The zero-order chi connectivity index (χ0) is 13.7. The molecule has 0 aromatic carbocycles. The molecule has 1 saturated heterocycles. The van der Waals surface area contributed by atoms with E-state index < -0.39 is 0 Å². The van der Waals surface area contributed by atoms with E-state index in [2.05, 4.69) is 10.3 Å². The number of rotatable bonds is 4. The Hall–Kier alpha value is -1.62. The topological polar surface area (TPSA) is 65.5 Å². The van der Waals surface area contributed by atoms with Crippen LogP contribution in [0.1, 0.15) is 30.1 Å². The van der Waals surface area contributed by atoms with E-state index in [9.17, 15) is 4.79 Å². The molecule has 1 aromatic rings. The number of piperidine rings is 1. The second-order valence-electron chi connectivity index (χ2n) is 4.88. The molecule has 2 N–H and O–H groups in total. The predicted molar refractivity (Wildman–Crippen MR) is 74.1 cm³/mol. The summed E-state index contributed by atoms with van der Waals surface area (Å²) in [6, 6.07) is 3.64. The molecule has 0 aliphatic carbocycles. The number of aliphatic hydroxyl groups excluding tert-OH is 1. The van der Waals surface area contributed by atoms with Crippen LogP contribution in [0.2, 0.25) is 0 Å². The second kappa shape index (κ2) is 6.52. The van der Waals surface area contributed by atoms with Crippen molar-refractivity contribution in [3.63, 3.8) is 0 Å². The molecule has 19 heavy (non-hydrogen) atoms. The summed E-state index contributed by atoms with van der Waals surface area (Å²) in [4.78, 5) is 18.3. The van der Waals surface area contributed by atoms with Crippen LogP contribution in [0.3, 0.4) is 0 Å². The van der Waals surface area contributed by atoms with Crippen LogP contribution in [0.25, 0.3) is 0 Å². The third kappa shape index (κ3) is 3.44. The van der Waals surface area contributed by atoms with Gasteiger partial charge >= 0.3 is 0 Å². The van der Waals surface area contributed by atoms with E-state index in [4.69, 9.17) is 5.11 Å². The average Bonchev–Trinajstić information content (AvgIpc) is 2.48. The monoisotopic (exact) mass is 263 g/mol. The molecule has 1 aliphatic rings. The van der Waals surface area contributed by atoms with Gasteiger partial charge < -0.3 is 15.3 Å². The van der Waals surface area contributed by atoms with Crippen molar-refractivity contribution in [2.24, 2.45) is 5.92 Å². The zero-order valence-corrected chi connectivity index (χ0v) is 11.3. The number of hydrogen-bond donors (Lipinski definition) is 2. The fraction of sp³-hybridized carbons (Fsp3) is 0.571. The van der Waals surface area contributed by atoms with Gasteiger partial charge in [0.2, 0.25) is 0 Å². The maximum absolute atomic E-state index is 12.3. The molecule has 2 rings (SSSR count). The number of likely N-dealkylation sites (tertiary alicyclic amines) is 1. The van der Waals surface area contributed by atoms with Crippen LogP contribution in [0.4, 0.5) is 5.82 Å². The first-order valence-electron chi connectivity index (χ1n) is 6.84. The molecule has 0 bridgehead atoms. The highest BCUT2D eigenvalue weighted by molar-refractivity contribution is 5.94. The third-order valence-corrected chi connectivity index (χ3v) is 3.53. The van der Waals surface area contributed by atoms with Gasteiger partial charge in [0, 0.05) is 32.4 Å². The van der Waals surface area contributed by atoms with E-state index in [0.29, 0.717) is 11.5 Å². The quantitative estimate of drug-likeness (QED) is 0.861. The number of aromatic nitrogens is 1. The summed E-state index contributed by atoms with van der Waals surface area (Å²) in [6.07, 6.45) is 3.38. The minimum absolute atomic E-state index is 0.0342. The Labute approximate surface area is 113 Å². The Morgan fingerprint density at radius 3 is 2.74 bits per heavy atom. The lowest BCUT2D eigenvalue weighted by molar-refractivity contribution is 0.0650. The van der Waals surface area contributed by atoms with E-state index in [1.54, 1.807) is 6.20 Å². The van der Waals surface area contributed by atoms with Gasteiger partial charge in [-0.1, -0.05) is 0 Å². The number of pyridine rings is 1. The molecular formula is C14H21N3O2. The lowest BCUT2D eigenvalue weighted by Gasteiger charge is -2.31. The highest BCUT2D eigenvalue weighted by Crippen LogP contribution is 2.18. The second-order valence-corrected chi connectivity index (χ2v) is 4.88. The van der Waals surface area contributed by atoms with Gasteiger partial charge in [-0.25, -0.2) is 4.98 Å². The average molecular weight is 263 g/mol. The molecule has 0 unspecified atom stereocenters. The van der Waals surface area contributed by atoms with Gasteiger partial charge in [-0.05, 0) is 37.8 Å². The van der Waals surface area contributed by atoms with Crippen LogP contribution in [0, 0.1) is 5.92 Å². The Kier molecular flexibility index (Phi) is 4.74. The largest absolute Gasteiger partial charge is 0.396 e. The van der Waals surface area contributed by atoms with Crippen LogP contribution in [0.15, 0.2) is 18.3 Å². The molecule has 0 radical (unpaired) electrons. The molecule has 1 aromatic heterocycles. The number of hydrogen-bond acceptors (Lipinski definition) is 4. The molecule has 5 heteroatoms. The minimum atomic E-state index is 0.0342. The van der Waals surface area contributed by atoms with E-state index in [0.717, 1.165) is 38.3 Å². The number of nitrogens with zero attached hydrogens (tertiary/aromatic N) is 2. The van der Waals surface area contributed by atoms with Crippen molar-refractivity contribution in [3.05, 3.63) is 23.9 Å². The standard InChI is InChI=1S/C14H21N3O2/c1-2-15-13-4-3-12(9-16-13)14(19)17-7-5-11(10-18)6-8-17/h3-4,9,11,18H,2,5-8,10H2,1H3,(H,15,16). The Bertz CT molecular complexity index is 411. The van der Waals surface area contributed by atoms with Crippen LogP contribution in [-0.2, 0) is 0 Å². The van der Waals surface area contributed by atoms with E-state index in [1.165, 1.54) is 0 Å². The maximum atomic E-state index is 12.3. The summed E-state index contributed by atoms with van der Waals surface area (Å²) in [6.45, 7) is 4.49. The first kappa shape index (κ1) is 13.8. The molecule has 0 saturated carbocycles. The lowest BCUT2D eigenvalue weighted by atomic mass is 9.97. The maximum Gasteiger partial charge on any atom is 0.255 e. The van der Waals surface area contributed by atoms with Gasteiger partial charge in [-0.2, -0.15) is 0 Å². The molecule has 0 spiro atoms. The summed E-state index contributed by atoms with van der Waals surface area (Å²) in [5.41, 5.74) is 0.629. The Balaban J connectivity index is 1.96. The highest BCUT2D eigenvalue weighted by atomic mass is 16.3. The van der Waals surface area contributed by atoms with Crippen molar-refractivity contribution >= 4 is 11.7 Å². The van der Waals surface area contributed by atoms with Crippen LogP contribution in [0.5, 0.6) is 0 Å². The molecule has 0 atom stereocenters. The number of carbonyl (C=O) groups is 1. The Morgan fingerprint density at radius 1 is 1.47 bits per heavy atom. The molecular weight excluding hydrogens is 242 g/mol. The fourth-order valence-electron chi connectivity index (χ4n) is 2.31. The van der Waals surface area contributed by atoms with Gasteiger partial charge in [0.05, 0.1) is 5.56 Å². The minimum Gasteiger partial charge on any atom is -0.396 e. The first-order valence-corrected chi connectivity index (χ1v) is 6.84. The first-order chi connectivity index (χ1) is 9.24. The van der Waals surface area contributed by atoms with Gasteiger partial charge in [-0.15, -0.1) is 0 Å². The molecule has 104 valence electrons. The number of amides is 1. The molecule has 1 fully saturated rings.